The smallest absolute Gasteiger partial charge is 0.270 e. The molecule has 1 aromatic carbocycles. The summed E-state index contributed by atoms with van der Waals surface area (Å²) in [7, 11) is 0. The van der Waals surface area contributed by atoms with Crippen LogP contribution in [0.1, 0.15) is 41.9 Å². The van der Waals surface area contributed by atoms with Gasteiger partial charge in [-0.1, -0.05) is 30.3 Å². The van der Waals surface area contributed by atoms with Crippen LogP contribution in [-0.2, 0) is 4.79 Å². The fraction of sp³-hybridized carbons (Fsp3) is 0.292. The molecular weight excluding hydrogens is 376 g/mol. The molecule has 4 rings (SSSR count). The average Bonchev–Trinajstić information content (AvgIpc) is 3.30. The molecule has 0 unspecified atom stereocenters. The molecule has 0 saturated carbocycles. The summed E-state index contributed by atoms with van der Waals surface area (Å²) in [6.45, 7) is 3.08. The predicted octanol–water partition coefficient (Wildman–Crippen LogP) is 3.60. The molecule has 0 aliphatic carbocycles. The van der Waals surface area contributed by atoms with Gasteiger partial charge in [0, 0.05) is 25.5 Å². The van der Waals surface area contributed by atoms with Gasteiger partial charge in [-0.05, 0) is 49.6 Å². The van der Waals surface area contributed by atoms with Crippen LogP contribution in [-0.4, -0.2) is 39.4 Å². The highest BCUT2D eigenvalue weighted by molar-refractivity contribution is 5.94. The SMILES string of the molecule is C[C@H](NC(=O)[C@@H]1CCCN(C(=O)c2cccn2-c2cccnc2)C1)c1ccccc1. The van der Waals surface area contributed by atoms with Gasteiger partial charge in [0.1, 0.15) is 5.69 Å². The lowest BCUT2D eigenvalue weighted by atomic mass is 9.96. The number of amides is 2. The van der Waals surface area contributed by atoms with Crippen LogP contribution < -0.4 is 5.32 Å². The van der Waals surface area contributed by atoms with Crippen LogP contribution in [0, 0.1) is 5.92 Å². The summed E-state index contributed by atoms with van der Waals surface area (Å²) in [5.74, 6) is -0.250. The fourth-order valence-electron chi connectivity index (χ4n) is 3.97. The van der Waals surface area contributed by atoms with Crippen molar-refractivity contribution in [1.29, 1.82) is 0 Å². The van der Waals surface area contributed by atoms with Crippen LogP contribution in [0.3, 0.4) is 0 Å². The summed E-state index contributed by atoms with van der Waals surface area (Å²) in [5.41, 5.74) is 2.50. The number of hydrogen-bond donors (Lipinski definition) is 1. The van der Waals surface area contributed by atoms with E-state index >= 15 is 0 Å². The predicted molar refractivity (Wildman–Crippen MR) is 115 cm³/mol. The van der Waals surface area contributed by atoms with E-state index < -0.39 is 0 Å². The van der Waals surface area contributed by atoms with E-state index in [9.17, 15) is 9.59 Å². The van der Waals surface area contributed by atoms with Crippen LogP contribution in [0.2, 0.25) is 0 Å². The zero-order valence-corrected chi connectivity index (χ0v) is 17.1. The topological polar surface area (TPSA) is 67.2 Å². The Balaban J connectivity index is 1.44. The van der Waals surface area contributed by atoms with Crippen molar-refractivity contribution in [3.63, 3.8) is 0 Å². The Morgan fingerprint density at radius 1 is 1.10 bits per heavy atom. The first-order chi connectivity index (χ1) is 14.6. The molecule has 1 N–H and O–H groups in total. The van der Waals surface area contributed by atoms with Crippen LogP contribution in [0.25, 0.3) is 5.69 Å². The first-order valence-corrected chi connectivity index (χ1v) is 10.4. The van der Waals surface area contributed by atoms with E-state index in [0.717, 1.165) is 24.1 Å². The second kappa shape index (κ2) is 8.95. The first-order valence-electron chi connectivity index (χ1n) is 10.4. The maximum Gasteiger partial charge on any atom is 0.270 e. The monoisotopic (exact) mass is 402 g/mol. The van der Waals surface area contributed by atoms with Crippen molar-refractivity contribution in [2.75, 3.05) is 13.1 Å². The number of rotatable bonds is 5. The van der Waals surface area contributed by atoms with E-state index in [2.05, 4.69) is 10.3 Å². The molecule has 154 valence electrons. The third kappa shape index (κ3) is 4.27. The van der Waals surface area contributed by atoms with Crippen molar-refractivity contribution in [1.82, 2.24) is 19.8 Å². The lowest BCUT2D eigenvalue weighted by molar-refractivity contribution is -0.127. The molecule has 6 heteroatoms. The second-order valence-electron chi connectivity index (χ2n) is 7.71. The van der Waals surface area contributed by atoms with Gasteiger partial charge in [-0.2, -0.15) is 0 Å². The summed E-state index contributed by atoms with van der Waals surface area (Å²) in [5, 5.41) is 3.11. The van der Waals surface area contributed by atoms with Crippen LogP contribution >= 0.6 is 0 Å². The summed E-state index contributed by atoms with van der Waals surface area (Å²) < 4.78 is 1.84. The molecule has 0 bridgehead atoms. The van der Waals surface area contributed by atoms with Crippen molar-refractivity contribution < 1.29 is 9.59 Å². The van der Waals surface area contributed by atoms with Gasteiger partial charge in [-0.25, -0.2) is 0 Å². The minimum atomic E-state index is -0.198. The van der Waals surface area contributed by atoms with Gasteiger partial charge >= 0.3 is 0 Å². The van der Waals surface area contributed by atoms with Crippen LogP contribution in [0.4, 0.5) is 0 Å². The van der Waals surface area contributed by atoms with Crippen molar-refractivity contribution in [3.05, 3.63) is 84.4 Å². The Morgan fingerprint density at radius 3 is 2.70 bits per heavy atom. The number of carbonyl (C=O) groups excluding carboxylic acids is 2. The van der Waals surface area contributed by atoms with Crippen molar-refractivity contribution in [3.8, 4) is 5.69 Å². The summed E-state index contributed by atoms with van der Waals surface area (Å²) in [6, 6.07) is 17.3. The number of likely N-dealkylation sites (tertiary alicyclic amines) is 1. The summed E-state index contributed by atoms with van der Waals surface area (Å²) >= 11 is 0. The molecule has 0 radical (unpaired) electrons. The number of carbonyl (C=O) groups is 2. The Morgan fingerprint density at radius 2 is 1.93 bits per heavy atom. The van der Waals surface area contributed by atoms with E-state index in [1.165, 1.54) is 0 Å². The lowest BCUT2D eigenvalue weighted by Gasteiger charge is -2.33. The molecular formula is C24H26N4O2. The quantitative estimate of drug-likeness (QED) is 0.709. The molecule has 6 nitrogen and oxygen atoms in total. The van der Waals surface area contributed by atoms with E-state index in [-0.39, 0.29) is 23.8 Å². The van der Waals surface area contributed by atoms with Gasteiger partial charge in [-0.15, -0.1) is 0 Å². The van der Waals surface area contributed by atoms with Crippen LogP contribution in [0.5, 0.6) is 0 Å². The zero-order valence-electron chi connectivity index (χ0n) is 17.1. The molecule has 1 aliphatic rings. The maximum absolute atomic E-state index is 13.2. The first kappa shape index (κ1) is 19.9. The standard InChI is InChI=1S/C24H26N4O2/c1-18(19-8-3-2-4-9-19)26-23(29)20-10-6-14-27(17-20)24(30)22-12-7-15-28(22)21-11-5-13-25-16-21/h2-5,7-9,11-13,15-16,18,20H,6,10,14,17H2,1H3,(H,26,29)/t18-,20+/m0/s1. The molecule has 30 heavy (non-hydrogen) atoms. The maximum atomic E-state index is 13.2. The minimum Gasteiger partial charge on any atom is -0.349 e. The third-order valence-corrected chi connectivity index (χ3v) is 5.63. The highest BCUT2D eigenvalue weighted by Gasteiger charge is 2.30. The largest absolute Gasteiger partial charge is 0.349 e. The van der Waals surface area contributed by atoms with E-state index in [4.69, 9.17) is 0 Å². The minimum absolute atomic E-state index is 0.00601. The summed E-state index contributed by atoms with van der Waals surface area (Å²) in [6.07, 6.45) is 6.91. The van der Waals surface area contributed by atoms with E-state index in [1.807, 2.05) is 72.3 Å². The number of aromatic nitrogens is 2. The van der Waals surface area contributed by atoms with Gasteiger partial charge in [-0.3, -0.25) is 14.6 Å². The van der Waals surface area contributed by atoms with E-state index in [0.29, 0.717) is 18.8 Å². The molecule has 3 heterocycles. The van der Waals surface area contributed by atoms with Crippen molar-refractivity contribution in [2.24, 2.45) is 5.92 Å². The molecule has 2 amide bonds. The number of benzene rings is 1. The van der Waals surface area contributed by atoms with E-state index in [1.54, 1.807) is 17.3 Å². The molecule has 1 aliphatic heterocycles. The van der Waals surface area contributed by atoms with Gasteiger partial charge in [0.2, 0.25) is 5.91 Å². The molecule has 3 aromatic rings. The number of nitrogens with one attached hydrogen (secondary N) is 1. The average molecular weight is 402 g/mol. The number of piperidine rings is 1. The Labute approximate surface area is 176 Å². The highest BCUT2D eigenvalue weighted by Crippen LogP contribution is 2.22. The van der Waals surface area contributed by atoms with Gasteiger partial charge in [0.05, 0.1) is 23.8 Å². The van der Waals surface area contributed by atoms with Crippen LogP contribution in [0.15, 0.2) is 73.2 Å². The molecule has 2 atom stereocenters. The number of hydrogen-bond acceptors (Lipinski definition) is 3. The second-order valence-corrected chi connectivity index (χ2v) is 7.71. The molecule has 2 aromatic heterocycles. The van der Waals surface area contributed by atoms with Crippen molar-refractivity contribution >= 4 is 11.8 Å². The number of nitrogens with zero attached hydrogens (tertiary/aromatic N) is 3. The molecule has 1 fully saturated rings. The fourth-order valence-corrected chi connectivity index (χ4v) is 3.97. The number of pyridine rings is 1. The lowest BCUT2D eigenvalue weighted by Crippen LogP contribution is -2.46. The zero-order chi connectivity index (χ0) is 20.9. The highest BCUT2D eigenvalue weighted by atomic mass is 16.2. The molecule has 1 saturated heterocycles. The molecule has 0 spiro atoms. The van der Waals surface area contributed by atoms with Gasteiger partial charge < -0.3 is 14.8 Å². The summed E-state index contributed by atoms with van der Waals surface area (Å²) in [4.78, 5) is 32.0. The third-order valence-electron chi connectivity index (χ3n) is 5.63. The Hall–Kier alpha value is -3.41. The van der Waals surface area contributed by atoms with Gasteiger partial charge in [0.25, 0.3) is 5.91 Å². The van der Waals surface area contributed by atoms with Gasteiger partial charge in [0.15, 0.2) is 0 Å². The Bertz CT molecular complexity index is 1000. The normalized spacial score (nSPS) is 17.4. The Kier molecular flexibility index (Phi) is 5.93. The van der Waals surface area contributed by atoms with Crippen molar-refractivity contribution in [2.45, 2.75) is 25.8 Å².